The van der Waals surface area contributed by atoms with Crippen LogP contribution >= 0.6 is 0 Å². The average molecular weight is 349 g/mol. The summed E-state index contributed by atoms with van der Waals surface area (Å²) in [6.45, 7) is 0. The maximum atomic E-state index is 3.95. The van der Waals surface area contributed by atoms with E-state index < -0.39 is 0 Å². The second-order valence-corrected chi connectivity index (χ2v) is 8.03. The monoisotopic (exact) mass is 348 g/mol. The molecule has 4 aliphatic rings. The first kappa shape index (κ1) is 17.6. The summed E-state index contributed by atoms with van der Waals surface area (Å²) < 4.78 is 0. The molecule has 5 atom stereocenters. The number of allylic oxidation sites excluding steroid dienone is 9. The Morgan fingerprint density at radius 1 is 1.00 bits per heavy atom. The van der Waals surface area contributed by atoms with Crippen molar-refractivity contribution in [1.82, 2.24) is 10.6 Å². The van der Waals surface area contributed by atoms with E-state index in [2.05, 4.69) is 78.4 Å². The third-order valence-corrected chi connectivity index (χ3v) is 6.48. The van der Waals surface area contributed by atoms with Gasteiger partial charge in [-0.1, -0.05) is 60.8 Å². The van der Waals surface area contributed by atoms with E-state index in [9.17, 15) is 0 Å². The van der Waals surface area contributed by atoms with Crippen LogP contribution in [-0.4, -0.2) is 19.1 Å². The fraction of sp³-hybridized carbons (Fsp3) is 0.500. The molecule has 1 aliphatic heterocycles. The number of likely N-dealkylation sites (N-methyl/N-ethyl adjacent to an activating group) is 1. The molecule has 2 heteroatoms. The van der Waals surface area contributed by atoms with Crippen LogP contribution in [-0.2, 0) is 0 Å². The van der Waals surface area contributed by atoms with Crippen LogP contribution in [0.2, 0.25) is 0 Å². The van der Waals surface area contributed by atoms with E-state index in [-0.39, 0.29) is 0 Å². The molecule has 3 aliphatic carbocycles. The summed E-state index contributed by atoms with van der Waals surface area (Å²) in [5.41, 5.74) is 3.01. The molecule has 0 radical (unpaired) electrons. The molecule has 138 valence electrons. The van der Waals surface area contributed by atoms with E-state index in [1.807, 2.05) is 0 Å². The minimum Gasteiger partial charge on any atom is -0.380 e. The van der Waals surface area contributed by atoms with Crippen LogP contribution in [0, 0.1) is 17.8 Å². The van der Waals surface area contributed by atoms with Crippen LogP contribution in [0.3, 0.4) is 0 Å². The average Bonchev–Trinajstić information content (AvgIpc) is 2.74. The van der Waals surface area contributed by atoms with Crippen molar-refractivity contribution in [2.75, 3.05) is 7.05 Å². The lowest BCUT2D eigenvalue weighted by Gasteiger charge is -2.41. The van der Waals surface area contributed by atoms with E-state index in [1.54, 1.807) is 5.57 Å². The Hall–Kier alpha value is -1.80. The molecule has 2 N–H and O–H groups in total. The van der Waals surface area contributed by atoms with E-state index in [0.717, 1.165) is 12.8 Å². The topological polar surface area (TPSA) is 24.1 Å². The van der Waals surface area contributed by atoms with Gasteiger partial charge in [-0.25, -0.2) is 0 Å². The molecule has 0 aromatic heterocycles. The van der Waals surface area contributed by atoms with Crippen LogP contribution in [0.15, 0.2) is 72.0 Å². The van der Waals surface area contributed by atoms with E-state index in [1.165, 1.54) is 31.4 Å². The lowest BCUT2D eigenvalue weighted by atomic mass is 9.72. The van der Waals surface area contributed by atoms with Gasteiger partial charge in [0.05, 0.1) is 6.04 Å². The van der Waals surface area contributed by atoms with Crippen molar-refractivity contribution >= 4 is 0 Å². The van der Waals surface area contributed by atoms with Crippen LogP contribution in [0.4, 0.5) is 0 Å². The van der Waals surface area contributed by atoms with Gasteiger partial charge in [0.25, 0.3) is 0 Å². The Bertz CT molecular complexity index is 676. The Morgan fingerprint density at radius 3 is 2.69 bits per heavy atom. The molecule has 26 heavy (non-hydrogen) atoms. The Labute approximate surface area is 158 Å². The van der Waals surface area contributed by atoms with Gasteiger partial charge in [0, 0.05) is 17.7 Å². The molecule has 4 rings (SSSR count). The quantitative estimate of drug-likeness (QED) is 0.712. The molecule has 0 bridgehead atoms. The summed E-state index contributed by atoms with van der Waals surface area (Å²) in [5, 5.41) is 7.53. The van der Waals surface area contributed by atoms with Crippen molar-refractivity contribution < 1.29 is 0 Å². The SMILES string of the molecule is CNC1CC=C(C2C=CC=CC2)NC1C1=CC=CCC1C1C=CCCC1. The zero-order valence-corrected chi connectivity index (χ0v) is 15.9. The summed E-state index contributed by atoms with van der Waals surface area (Å²) in [6.07, 6.45) is 30.6. The van der Waals surface area contributed by atoms with Gasteiger partial charge >= 0.3 is 0 Å². The maximum Gasteiger partial charge on any atom is 0.0633 e. The minimum atomic E-state index is 0.393. The van der Waals surface area contributed by atoms with Crippen molar-refractivity contribution in [3.05, 3.63) is 72.0 Å². The molecule has 0 amide bonds. The minimum absolute atomic E-state index is 0.393. The zero-order valence-electron chi connectivity index (χ0n) is 15.9. The maximum absolute atomic E-state index is 3.95. The second-order valence-electron chi connectivity index (χ2n) is 8.03. The van der Waals surface area contributed by atoms with E-state index >= 15 is 0 Å². The third kappa shape index (κ3) is 3.66. The Morgan fingerprint density at radius 2 is 1.92 bits per heavy atom. The molecule has 0 spiro atoms. The van der Waals surface area contributed by atoms with Gasteiger partial charge in [-0.15, -0.1) is 0 Å². The summed E-state index contributed by atoms with van der Waals surface area (Å²) in [5.74, 6) is 1.85. The number of hydrogen-bond acceptors (Lipinski definition) is 2. The Balaban J connectivity index is 1.57. The third-order valence-electron chi connectivity index (χ3n) is 6.48. The second kappa shape index (κ2) is 8.26. The first-order valence-electron chi connectivity index (χ1n) is 10.4. The first-order chi connectivity index (χ1) is 12.9. The van der Waals surface area contributed by atoms with Gasteiger partial charge in [0.1, 0.15) is 0 Å². The van der Waals surface area contributed by atoms with Crippen molar-refractivity contribution in [2.24, 2.45) is 17.8 Å². The van der Waals surface area contributed by atoms with Crippen LogP contribution in [0.1, 0.15) is 38.5 Å². The molecule has 0 fully saturated rings. The van der Waals surface area contributed by atoms with Crippen molar-refractivity contribution in [2.45, 2.75) is 50.6 Å². The molecule has 0 aromatic rings. The van der Waals surface area contributed by atoms with Crippen molar-refractivity contribution in [3.63, 3.8) is 0 Å². The number of hydrogen-bond donors (Lipinski definition) is 2. The Kier molecular flexibility index (Phi) is 5.59. The fourth-order valence-electron chi connectivity index (χ4n) is 4.99. The highest BCUT2D eigenvalue weighted by molar-refractivity contribution is 5.34. The highest BCUT2D eigenvalue weighted by Gasteiger charge is 2.35. The fourth-order valence-corrected chi connectivity index (χ4v) is 4.99. The van der Waals surface area contributed by atoms with Gasteiger partial charge in [-0.2, -0.15) is 0 Å². The lowest BCUT2D eigenvalue weighted by Crippen LogP contribution is -2.52. The molecular weight excluding hydrogens is 316 g/mol. The smallest absolute Gasteiger partial charge is 0.0633 e. The van der Waals surface area contributed by atoms with Crippen LogP contribution < -0.4 is 10.6 Å². The number of rotatable bonds is 4. The van der Waals surface area contributed by atoms with Gasteiger partial charge in [-0.3, -0.25) is 0 Å². The molecule has 5 unspecified atom stereocenters. The molecule has 0 saturated carbocycles. The summed E-state index contributed by atoms with van der Waals surface area (Å²) in [7, 11) is 2.11. The van der Waals surface area contributed by atoms with Gasteiger partial charge in [0.15, 0.2) is 0 Å². The van der Waals surface area contributed by atoms with Gasteiger partial charge < -0.3 is 10.6 Å². The van der Waals surface area contributed by atoms with E-state index in [4.69, 9.17) is 0 Å². The molecule has 0 saturated heterocycles. The van der Waals surface area contributed by atoms with Crippen LogP contribution in [0.25, 0.3) is 0 Å². The summed E-state index contributed by atoms with van der Waals surface area (Å²) >= 11 is 0. The normalized spacial score (nSPS) is 36.4. The van der Waals surface area contributed by atoms with Crippen molar-refractivity contribution in [1.29, 1.82) is 0 Å². The predicted molar refractivity (Wildman–Crippen MR) is 111 cm³/mol. The highest BCUT2D eigenvalue weighted by atomic mass is 15.0. The van der Waals surface area contributed by atoms with Crippen molar-refractivity contribution in [3.8, 4) is 0 Å². The summed E-state index contributed by atoms with van der Waals surface area (Å²) in [4.78, 5) is 0. The van der Waals surface area contributed by atoms with Gasteiger partial charge in [0.2, 0.25) is 0 Å². The standard InChI is InChI=1S/C24H32N2/c1-25-23-17-16-22(19-12-6-3-7-13-19)26-24(23)21-15-9-8-14-20(21)18-10-4-2-5-11-18/h3-4,6-10,12,15-16,18-20,23-26H,2,5,11,13-14,17H2,1H3. The summed E-state index contributed by atoms with van der Waals surface area (Å²) in [6, 6.07) is 0.860. The van der Waals surface area contributed by atoms with Gasteiger partial charge in [-0.05, 0) is 63.0 Å². The molecular formula is C24H32N2. The molecule has 0 aromatic carbocycles. The van der Waals surface area contributed by atoms with E-state index in [0.29, 0.717) is 29.8 Å². The molecule has 1 heterocycles. The highest BCUT2D eigenvalue weighted by Crippen LogP contribution is 2.38. The molecule has 2 nitrogen and oxygen atoms in total. The number of nitrogens with one attached hydrogen (secondary N) is 2. The largest absolute Gasteiger partial charge is 0.380 e. The lowest BCUT2D eigenvalue weighted by molar-refractivity contribution is 0.337. The van der Waals surface area contributed by atoms with Crippen LogP contribution in [0.5, 0.6) is 0 Å². The zero-order chi connectivity index (χ0) is 17.8. The first-order valence-corrected chi connectivity index (χ1v) is 10.4. The predicted octanol–water partition coefficient (Wildman–Crippen LogP) is 4.81.